The van der Waals surface area contributed by atoms with Crippen LogP contribution in [0.25, 0.3) is 0 Å². The van der Waals surface area contributed by atoms with Crippen molar-refractivity contribution in [1.29, 1.82) is 0 Å². The van der Waals surface area contributed by atoms with Crippen LogP contribution in [0, 0.1) is 0 Å². The summed E-state index contributed by atoms with van der Waals surface area (Å²) in [6.45, 7) is 5.62. The fraction of sp³-hybridized carbons (Fsp3) is 0.250. The smallest absolute Gasteiger partial charge is 0.334 e. The molecule has 2 aromatic rings. The van der Waals surface area contributed by atoms with E-state index in [0.29, 0.717) is 25.0 Å². The molecule has 0 bridgehead atoms. The molecule has 0 amide bonds. The molecule has 0 aliphatic rings. The van der Waals surface area contributed by atoms with Crippen LogP contribution >= 0.6 is 8.69 Å². The molecule has 0 saturated heterocycles. The first-order chi connectivity index (χ1) is 12.1. The molecule has 0 fully saturated rings. The summed E-state index contributed by atoms with van der Waals surface area (Å²) in [7, 11) is -0.353. The molecule has 25 heavy (non-hydrogen) atoms. The predicted molar refractivity (Wildman–Crippen MR) is 97.4 cm³/mol. The fourth-order valence-electron chi connectivity index (χ4n) is 2.71. The molecule has 0 aromatic heterocycles. The summed E-state index contributed by atoms with van der Waals surface area (Å²) in [5.41, 5.74) is 1.12. The van der Waals surface area contributed by atoms with E-state index >= 15 is 0 Å². The van der Waals surface area contributed by atoms with E-state index in [-0.39, 0.29) is 8.69 Å². The van der Waals surface area contributed by atoms with Crippen LogP contribution in [0.15, 0.2) is 72.8 Å². The number of hydrogen-bond donors (Lipinski definition) is 0. The molecule has 2 rings (SSSR count). The summed E-state index contributed by atoms with van der Waals surface area (Å²) in [5, 5.41) is 0. The SMILES string of the molecule is C=C(C)C(=O)OC(CCCOP=O)(c1ccccc1)c1ccccc1. The summed E-state index contributed by atoms with van der Waals surface area (Å²) in [6, 6.07) is 19.2. The summed E-state index contributed by atoms with van der Waals surface area (Å²) in [5.74, 6) is -0.449. The second-order valence-electron chi connectivity index (χ2n) is 5.74. The highest BCUT2D eigenvalue weighted by molar-refractivity contribution is 7.17. The number of ether oxygens (including phenoxy) is 1. The van der Waals surface area contributed by atoms with Crippen molar-refractivity contribution in [1.82, 2.24) is 0 Å². The van der Waals surface area contributed by atoms with Crippen LogP contribution in [-0.2, 0) is 24.2 Å². The number of hydrogen-bond acceptors (Lipinski definition) is 4. The van der Waals surface area contributed by atoms with Gasteiger partial charge in [0.05, 0.1) is 6.61 Å². The maximum atomic E-state index is 12.4. The molecule has 4 nitrogen and oxygen atoms in total. The Bertz CT molecular complexity index is 673. The van der Waals surface area contributed by atoms with Gasteiger partial charge in [0, 0.05) is 16.7 Å². The van der Waals surface area contributed by atoms with Gasteiger partial charge in [-0.3, -0.25) is 4.52 Å². The molecule has 130 valence electrons. The van der Waals surface area contributed by atoms with E-state index in [1.165, 1.54) is 0 Å². The number of rotatable bonds is 9. The maximum absolute atomic E-state index is 12.4. The van der Waals surface area contributed by atoms with Crippen molar-refractivity contribution in [2.24, 2.45) is 0 Å². The quantitative estimate of drug-likeness (QED) is 0.273. The third-order valence-corrected chi connectivity index (χ3v) is 4.20. The van der Waals surface area contributed by atoms with E-state index in [0.717, 1.165) is 11.1 Å². The van der Waals surface area contributed by atoms with Gasteiger partial charge in [-0.25, -0.2) is 9.36 Å². The lowest BCUT2D eigenvalue weighted by molar-refractivity contribution is -0.152. The van der Waals surface area contributed by atoms with Gasteiger partial charge in [-0.15, -0.1) is 0 Å². The van der Waals surface area contributed by atoms with E-state index < -0.39 is 11.6 Å². The van der Waals surface area contributed by atoms with Crippen LogP contribution in [-0.4, -0.2) is 12.6 Å². The Morgan fingerprint density at radius 3 is 2.00 bits per heavy atom. The Kier molecular flexibility index (Phi) is 7.05. The topological polar surface area (TPSA) is 52.6 Å². The number of benzene rings is 2. The van der Waals surface area contributed by atoms with E-state index in [4.69, 9.17) is 9.26 Å². The van der Waals surface area contributed by atoms with Gasteiger partial charge in [-0.2, -0.15) is 0 Å². The highest BCUT2D eigenvalue weighted by atomic mass is 31.1. The van der Waals surface area contributed by atoms with Crippen molar-refractivity contribution in [2.75, 3.05) is 6.61 Å². The lowest BCUT2D eigenvalue weighted by Crippen LogP contribution is -2.34. The van der Waals surface area contributed by atoms with E-state index in [1.54, 1.807) is 6.92 Å². The minimum absolute atomic E-state index is 0.303. The van der Waals surface area contributed by atoms with Gasteiger partial charge in [0.25, 0.3) is 0 Å². The highest BCUT2D eigenvalue weighted by Crippen LogP contribution is 2.39. The summed E-state index contributed by atoms with van der Waals surface area (Å²) in [4.78, 5) is 12.4. The van der Waals surface area contributed by atoms with Crippen molar-refractivity contribution in [2.45, 2.75) is 25.4 Å². The molecule has 0 radical (unpaired) electrons. The average Bonchev–Trinajstić information content (AvgIpc) is 2.65. The summed E-state index contributed by atoms with van der Waals surface area (Å²) >= 11 is 0. The van der Waals surface area contributed by atoms with Gasteiger partial charge in [0.1, 0.15) is 0 Å². The minimum atomic E-state index is -0.957. The molecular weight excluding hydrogens is 335 g/mol. The van der Waals surface area contributed by atoms with E-state index in [2.05, 4.69) is 6.58 Å². The molecule has 2 aromatic carbocycles. The number of carbonyl (C=O) groups excluding carboxylic acids is 1. The Morgan fingerprint density at radius 2 is 1.56 bits per heavy atom. The summed E-state index contributed by atoms with van der Waals surface area (Å²) < 4.78 is 21.4. The zero-order valence-electron chi connectivity index (χ0n) is 14.2. The lowest BCUT2D eigenvalue weighted by Gasteiger charge is -2.35. The largest absolute Gasteiger partial charge is 0.446 e. The predicted octanol–water partition coefficient (Wildman–Crippen LogP) is 5.05. The van der Waals surface area contributed by atoms with Gasteiger partial charge in [0.15, 0.2) is 5.60 Å². The molecule has 0 spiro atoms. The third-order valence-electron chi connectivity index (χ3n) is 3.91. The Balaban J connectivity index is 2.49. The summed E-state index contributed by atoms with van der Waals surface area (Å²) in [6.07, 6.45) is 1.07. The van der Waals surface area contributed by atoms with Crippen molar-refractivity contribution < 1.29 is 18.6 Å². The van der Waals surface area contributed by atoms with Crippen LogP contribution in [0.5, 0.6) is 0 Å². The number of esters is 1. The second-order valence-corrected chi connectivity index (χ2v) is 6.15. The Labute approximate surface area is 149 Å². The highest BCUT2D eigenvalue weighted by Gasteiger charge is 2.38. The molecular formula is C20H21O4P. The maximum Gasteiger partial charge on any atom is 0.334 e. The van der Waals surface area contributed by atoms with Crippen molar-refractivity contribution in [3.63, 3.8) is 0 Å². The zero-order valence-corrected chi connectivity index (χ0v) is 15.1. The minimum Gasteiger partial charge on any atom is -0.446 e. The van der Waals surface area contributed by atoms with E-state index in [9.17, 15) is 9.36 Å². The number of carbonyl (C=O) groups is 1. The average molecular weight is 356 g/mol. The van der Waals surface area contributed by atoms with Gasteiger partial charge < -0.3 is 4.74 Å². The van der Waals surface area contributed by atoms with Crippen molar-refractivity contribution >= 4 is 14.7 Å². The molecule has 0 atom stereocenters. The van der Waals surface area contributed by atoms with Crippen molar-refractivity contribution in [3.05, 3.63) is 83.9 Å². The van der Waals surface area contributed by atoms with Crippen LogP contribution in [0.1, 0.15) is 30.9 Å². The fourth-order valence-corrected chi connectivity index (χ4v) is 2.91. The standard InChI is InChI=1S/C20H21O4P/c1-16(2)19(21)24-20(14-9-15-23-25-22,17-10-5-3-6-11-17)18-12-7-4-8-13-18/h3-8,10-13H,1,9,14-15H2,2H3. The molecule has 0 heterocycles. The molecule has 5 heteroatoms. The molecule has 0 aliphatic carbocycles. The zero-order chi connectivity index (χ0) is 18.1. The van der Waals surface area contributed by atoms with Crippen LogP contribution < -0.4 is 0 Å². The first-order valence-corrected chi connectivity index (χ1v) is 8.77. The molecule has 0 aliphatic heterocycles. The van der Waals surface area contributed by atoms with E-state index in [1.807, 2.05) is 60.7 Å². The molecule has 0 saturated carbocycles. The third kappa shape index (κ3) is 4.85. The van der Waals surface area contributed by atoms with Gasteiger partial charge in [0.2, 0.25) is 0 Å². The van der Waals surface area contributed by atoms with Crippen LogP contribution in [0.4, 0.5) is 0 Å². The Morgan fingerprint density at radius 1 is 1.04 bits per heavy atom. The molecule has 0 unspecified atom stereocenters. The normalized spacial score (nSPS) is 11.2. The monoisotopic (exact) mass is 356 g/mol. The van der Waals surface area contributed by atoms with Crippen LogP contribution in [0.2, 0.25) is 0 Å². The van der Waals surface area contributed by atoms with Crippen LogP contribution in [0.3, 0.4) is 0 Å². The first kappa shape index (κ1) is 19.0. The van der Waals surface area contributed by atoms with Gasteiger partial charge in [-0.1, -0.05) is 67.2 Å². The molecule has 0 N–H and O–H groups in total. The van der Waals surface area contributed by atoms with Gasteiger partial charge >= 0.3 is 14.7 Å². The first-order valence-electron chi connectivity index (χ1n) is 8.04. The lowest BCUT2D eigenvalue weighted by atomic mass is 9.82. The van der Waals surface area contributed by atoms with Crippen molar-refractivity contribution in [3.8, 4) is 0 Å². The second kappa shape index (κ2) is 9.26. The Hall–Kier alpha value is -2.29. The van der Waals surface area contributed by atoms with Gasteiger partial charge in [-0.05, 0) is 19.8 Å².